The first-order chi connectivity index (χ1) is 9.95. The fourth-order valence-electron chi connectivity index (χ4n) is 1.97. The van der Waals surface area contributed by atoms with Crippen molar-refractivity contribution in [1.29, 1.82) is 0 Å². The largest absolute Gasteiger partial charge is 0.299 e. The van der Waals surface area contributed by atoms with Gasteiger partial charge in [0.25, 0.3) is 21.0 Å². The lowest BCUT2D eigenvalue weighted by atomic mass is 10.3. The fourth-order valence-corrected chi connectivity index (χ4v) is 2.90. The number of nitrogens with zero attached hydrogens (tertiary/aromatic N) is 4. The molecule has 0 bridgehead atoms. The molecule has 21 heavy (non-hydrogen) atoms. The van der Waals surface area contributed by atoms with Crippen LogP contribution in [0.4, 0.5) is 5.69 Å². The van der Waals surface area contributed by atoms with Crippen molar-refractivity contribution < 1.29 is 8.42 Å². The number of benzene rings is 1. The number of nitrogens with one attached hydrogen (secondary N) is 1. The molecule has 0 saturated heterocycles. The summed E-state index contributed by atoms with van der Waals surface area (Å²) in [6.07, 6.45) is 0. The quantitative estimate of drug-likeness (QED) is 0.792. The number of sulfonamides is 1. The van der Waals surface area contributed by atoms with Crippen LogP contribution >= 0.6 is 0 Å². The molecule has 0 spiro atoms. The number of hydrogen-bond acceptors (Lipinski definition) is 5. The van der Waals surface area contributed by atoms with E-state index in [1.807, 2.05) is 19.9 Å². The van der Waals surface area contributed by atoms with Crippen molar-refractivity contribution in [2.24, 2.45) is 0 Å². The van der Waals surface area contributed by atoms with Crippen LogP contribution in [0, 0.1) is 13.8 Å². The minimum Gasteiger partial charge on any atom is -0.277 e. The third-order valence-electron chi connectivity index (χ3n) is 2.87. The predicted molar refractivity (Wildman–Crippen MR) is 77.5 cm³/mol. The normalized spacial score (nSPS) is 11.7. The van der Waals surface area contributed by atoms with E-state index in [1.54, 1.807) is 30.3 Å². The van der Waals surface area contributed by atoms with Gasteiger partial charge in [-0.15, -0.1) is 5.10 Å². The second kappa shape index (κ2) is 4.81. The average Bonchev–Trinajstić information content (AvgIpc) is 2.84. The zero-order valence-corrected chi connectivity index (χ0v) is 12.3. The van der Waals surface area contributed by atoms with Crippen molar-refractivity contribution in [2.45, 2.75) is 19.0 Å². The van der Waals surface area contributed by atoms with Gasteiger partial charge in [-0.05, 0) is 32.0 Å². The molecule has 1 aromatic carbocycles. The topological polar surface area (TPSA) is 89.3 Å². The van der Waals surface area contributed by atoms with E-state index < -0.39 is 10.0 Å². The molecule has 0 atom stereocenters. The van der Waals surface area contributed by atoms with Gasteiger partial charge >= 0.3 is 0 Å². The molecule has 0 aliphatic rings. The van der Waals surface area contributed by atoms with Crippen LogP contribution < -0.4 is 4.72 Å². The summed E-state index contributed by atoms with van der Waals surface area (Å²) < 4.78 is 28.4. The molecular formula is C13H13N5O2S. The maximum atomic E-state index is 12.3. The van der Waals surface area contributed by atoms with Gasteiger partial charge in [-0.25, -0.2) is 9.50 Å². The van der Waals surface area contributed by atoms with Crippen LogP contribution in [0.15, 0.2) is 41.6 Å². The highest BCUT2D eigenvalue weighted by molar-refractivity contribution is 7.92. The minimum atomic E-state index is -3.84. The van der Waals surface area contributed by atoms with Crippen molar-refractivity contribution in [2.75, 3.05) is 4.72 Å². The molecule has 3 aromatic rings. The van der Waals surface area contributed by atoms with Crippen LogP contribution in [0.5, 0.6) is 0 Å². The number of aryl methyl sites for hydroxylation is 2. The van der Waals surface area contributed by atoms with Crippen LogP contribution in [0.3, 0.4) is 0 Å². The van der Waals surface area contributed by atoms with Gasteiger partial charge in [-0.1, -0.05) is 18.2 Å². The Morgan fingerprint density at radius 1 is 1.10 bits per heavy atom. The van der Waals surface area contributed by atoms with Gasteiger partial charge in [0.1, 0.15) is 0 Å². The second-order valence-corrected chi connectivity index (χ2v) is 6.19. The summed E-state index contributed by atoms with van der Waals surface area (Å²) in [5.74, 6) is 0.265. The zero-order valence-electron chi connectivity index (χ0n) is 11.5. The van der Waals surface area contributed by atoms with Crippen molar-refractivity contribution in [1.82, 2.24) is 19.6 Å². The molecule has 0 aliphatic heterocycles. The lowest BCUT2D eigenvalue weighted by Gasteiger charge is -2.03. The Balaban J connectivity index is 2.05. The SMILES string of the molecule is Cc1cc(C)n2nc(S(=O)(=O)Nc3ccccc3)nc2n1. The Kier molecular flexibility index (Phi) is 3.09. The number of rotatable bonds is 3. The van der Waals surface area contributed by atoms with Crippen molar-refractivity contribution in [3.05, 3.63) is 47.8 Å². The molecule has 108 valence electrons. The Morgan fingerprint density at radius 3 is 2.52 bits per heavy atom. The highest BCUT2D eigenvalue weighted by Crippen LogP contribution is 2.14. The third kappa shape index (κ3) is 2.57. The molecule has 0 amide bonds. The summed E-state index contributed by atoms with van der Waals surface area (Å²) in [6, 6.07) is 10.4. The molecule has 0 unspecified atom stereocenters. The molecule has 0 fully saturated rings. The maximum Gasteiger partial charge on any atom is 0.299 e. The first-order valence-corrected chi connectivity index (χ1v) is 7.73. The highest BCUT2D eigenvalue weighted by atomic mass is 32.2. The van der Waals surface area contributed by atoms with Gasteiger partial charge in [-0.3, -0.25) is 4.72 Å². The lowest BCUT2D eigenvalue weighted by Crippen LogP contribution is -2.14. The third-order valence-corrected chi connectivity index (χ3v) is 4.02. The van der Waals surface area contributed by atoms with Gasteiger partial charge in [-0.2, -0.15) is 13.4 Å². The monoisotopic (exact) mass is 303 g/mol. The van der Waals surface area contributed by atoms with Gasteiger partial charge in [0.2, 0.25) is 0 Å². The van der Waals surface area contributed by atoms with E-state index >= 15 is 0 Å². The molecule has 2 aromatic heterocycles. The molecule has 2 heterocycles. The van der Waals surface area contributed by atoms with E-state index in [0.717, 1.165) is 11.4 Å². The van der Waals surface area contributed by atoms with Crippen LogP contribution in [-0.4, -0.2) is 28.0 Å². The van der Waals surface area contributed by atoms with Gasteiger partial charge in [0.05, 0.1) is 0 Å². The molecule has 7 nitrogen and oxygen atoms in total. The molecule has 0 aliphatic carbocycles. The van der Waals surface area contributed by atoms with Crippen molar-refractivity contribution in [3.8, 4) is 0 Å². The molecule has 0 radical (unpaired) electrons. The van der Waals surface area contributed by atoms with E-state index in [0.29, 0.717) is 5.69 Å². The molecule has 1 N–H and O–H groups in total. The van der Waals surface area contributed by atoms with E-state index in [9.17, 15) is 8.42 Å². The molecule has 3 rings (SSSR count). The van der Waals surface area contributed by atoms with Gasteiger partial charge < -0.3 is 0 Å². The minimum absolute atomic E-state index is 0.265. The Bertz CT molecular complexity index is 903. The first-order valence-electron chi connectivity index (χ1n) is 6.24. The first kappa shape index (κ1) is 13.5. The Morgan fingerprint density at radius 2 is 1.81 bits per heavy atom. The smallest absolute Gasteiger partial charge is 0.277 e. The van der Waals surface area contributed by atoms with E-state index in [-0.39, 0.29) is 10.9 Å². The van der Waals surface area contributed by atoms with Crippen LogP contribution in [-0.2, 0) is 10.0 Å². The van der Waals surface area contributed by atoms with Crippen LogP contribution in [0.1, 0.15) is 11.4 Å². The number of hydrogen-bond donors (Lipinski definition) is 1. The standard InChI is InChI=1S/C13H13N5O2S/c1-9-8-10(2)18-12(14-9)15-13(16-18)21(19,20)17-11-6-4-3-5-7-11/h3-8,17H,1-2H3. The van der Waals surface area contributed by atoms with Crippen molar-refractivity contribution >= 4 is 21.5 Å². The summed E-state index contributed by atoms with van der Waals surface area (Å²) in [5.41, 5.74) is 1.98. The Labute approximate surface area is 121 Å². The number of aromatic nitrogens is 4. The Hall–Kier alpha value is -2.48. The molecular weight excluding hydrogens is 290 g/mol. The van der Waals surface area contributed by atoms with Gasteiger partial charge in [0.15, 0.2) is 0 Å². The molecule has 0 saturated carbocycles. The zero-order chi connectivity index (χ0) is 15.0. The summed E-state index contributed by atoms with van der Waals surface area (Å²) in [4.78, 5) is 8.17. The maximum absolute atomic E-state index is 12.3. The van der Waals surface area contributed by atoms with Crippen molar-refractivity contribution in [3.63, 3.8) is 0 Å². The highest BCUT2D eigenvalue weighted by Gasteiger charge is 2.21. The summed E-state index contributed by atoms with van der Waals surface area (Å²) in [6.45, 7) is 3.63. The van der Waals surface area contributed by atoms with Crippen LogP contribution in [0.25, 0.3) is 5.78 Å². The number of anilines is 1. The van der Waals surface area contributed by atoms with Crippen LogP contribution in [0.2, 0.25) is 0 Å². The number of para-hydroxylation sites is 1. The fraction of sp³-hybridized carbons (Fsp3) is 0.154. The van der Waals surface area contributed by atoms with Gasteiger partial charge in [0, 0.05) is 17.1 Å². The van der Waals surface area contributed by atoms with E-state index in [2.05, 4.69) is 19.8 Å². The second-order valence-electron chi connectivity index (χ2n) is 4.62. The number of fused-ring (bicyclic) bond motifs is 1. The summed E-state index contributed by atoms with van der Waals surface area (Å²) >= 11 is 0. The average molecular weight is 303 g/mol. The molecule has 8 heteroatoms. The predicted octanol–water partition coefficient (Wildman–Crippen LogP) is 1.54. The lowest BCUT2D eigenvalue weighted by molar-refractivity contribution is 0.592. The summed E-state index contributed by atoms with van der Waals surface area (Å²) in [5, 5.41) is 3.72. The van der Waals surface area contributed by atoms with E-state index in [4.69, 9.17) is 0 Å². The van der Waals surface area contributed by atoms with E-state index in [1.165, 1.54) is 4.52 Å². The summed E-state index contributed by atoms with van der Waals surface area (Å²) in [7, 11) is -3.84.